The molecule has 5 nitrogen and oxygen atoms in total. The molecule has 3 aromatic rings. The smallest absolute Gasteiger partial charge is 0.172 e. The Balaban J connectivity index is 1.84. The fourth-order valence-electron chi connectivity index (χ4n) is 2.50. The molecule has 1 aliphatic rings. The number of halogens is 1. The van der Waals surface area contributed by atoms with Crippen LogP contribution in [-0.2, 0) is 0 Å². The van der Waals surface area contributed by atoms with Crippen molar-refractivity contribution in [1.82, 2.24) is 14.6 Å². The average molecular weight is 358 g/mol. The van der Waals surface area contributed by atoms with Crippen LogP contribution in [-0.4, -0.2) is 21.1 Å². The molecule has 3 N–H and O–H groups in total. The zero-order valence-electron chi connectivity index (χ0n) is 12.0. The molecule has 22 heavy (non-hydrogen) atoms. The third-order valence-corrected chi connectivity index (χ3v) is 4.49. The molecule has 1 saturated carbocycles. The van der Waals surface area contributed by atoms with Gasteiger partial charge in [-0.05, 0) is 40.8 Å². The molecule has 2 heterocycles. The number of benzene rings is 1. The van der Waals surface area contributed by atoms with Crippen molar-refractivity contribution >= 4 is 33.1 Å². The van der Waals surface area contributed by atoms with E-state index in [9.17, 15) is 0 Å². The van der Waals surface area contributed by atoms with Gasteiger partial charge in [-0.3, -0.25) is 0 Å². The van der Waals surface area contributed by atoms with Gasteiger partial charge in [0.05, 0.1) is 16.4 Å². The minimum atomic E-state index is 0.725. The maximum Gasteiger partial charge on any atom is 0.172 e. The van der Waals surface area contributed by atoms with E-state index in [0.717, 1.165) is 45.3 Å². The summed E-state index contributed by atoms with van der Waals surface area (Å²) in [6, 6.07) is 9.80. The second-order valence-corrected chi connectivity index (χ2v) is 6.52. The van der Waals surface area contributed by atoms with E-state index in [-0.39, 0.29) is 0 Å². The number of fused-ring (bicyclic) bond motifs is 1. The van der Waals surface area contributed by atoms with Gasteiger partial charge >= 0.3 is 0 Å². The monoisotopic (exact) mass is 357 g/mol. The van der Waals surface area contributed by atoms with Crippen molar-refractivity contribution in [1.29, 1.82) is 0 Å². The third kappa shape index (κ3) is 2.43. The minimum absolute atomic E-state index is 0.725. The number of hydrogen-bond donors (Lipinski definition) is 2. The summed E-state index contributed by atoms with van der Waals surface area (Å²) in [7, 11) is 0. The van der Waals surface area contributed by atoms with Crippen LogP contribution in [0.2, 0.25) is 0 Å². The zero-order valence-corrected chi connectivity index (χ0v) is 13.5. The van der Waals surface area contributed by atoms with Gasteiger partial charge in [0.1, 0.15) is 5.82 Å². The van der Waals surface area contributed by atoms with E-state index in [1.807, 2.05) is 34.8 Å². The van der Waals surface area contributed by atoms with Gasteiger partial charge < -0.3 is 11.1 Å². The molecule has 6 heteroatoms. The van der Waals surface area contributed by atoms with Crippen LogP contribution in [0.25, 0.3) is 16.9 Å². The standard InChI is InChI=1S/C16H16BrN5/c17-12-9-20-22-15(19-8-10-5-6-10)7-14(21-16(12)22)11-3-1-2-4-13(11)18/h1-4,7,9-10,19H,5-6,8,18H2. The van der Waals surface area contributed by atoms with E-state index in [1.165, 1.54) is 12.8 Å². The maximum atomic E-state index is 6.10. The van der Waals surface area contributed by atoms with Gasteiger partial charge in [0.2, 0.25) is 0 Å². The number of nitrogens with zero attached hydrogens (tertiary/aromatic N) is 3. The summed E-state index contributed by atoms with van der Waals surface area (Å²) in [5, 5.41) is 7.88. The molecule has 0 radical (unpaired) electrons. The number of aromatic nitrogens is 3. The highest BCUT2D eigenvalue weighted by molar-refractivity contribution is 9.10. The zero-order chi connectivity index (χ0) is 15.1. The van der Waals surface area contributed by atoms with Gasteiger partial charge in [0.15, 0.2) is 5.65 Å². The first-order chi connectivity index (χ1) is 10.7. The Bertz CT molecular complexity index is 838. The average Bonchev–Trinajstić information content (AvgIpc) is 3.28. The fourth-order valence-corrected chi connectivity index (χ4v) is 2.85. The van der Waals surface area contributed by atoms with Crippen molar-refractivity contribution in [3.63, 3.8) is 0 Å². The second-order valence-electron chi connectivity index (χ2n) is 5.67. The van der Waals surface area contributed by atoms with Gasteiger partial charge in [0.25, 0.3) is 0 Å². The van der Waals surface area contributed by atoms with Crippen molar-refractivity contribution in [3.8, 4) is 11.3 Å². The Morgan fingerprint density at radius 3 is 2.91 bits per heavy atom. The molecule has 1 aromatic carbocycles. The Kier molecular flexibility index (Phi) is 3.26. The van der Waals surface area contributed by atoms with E-state index in [0.29, 0.717) is 0 Å². The van der Waals surface area contributed by atoms with E-state index < -0.39 is 0 Å². The summed E-state index contributed by atoms with van der Waals surface area (Å²) in [5.41, 5.74) is 9.40. The van der Waals surface area contributed by atoms with Crippen LogP contribution >= 0.6 is 15.9 Å². The lowest BCUT2D eigenvalue weighted by Gasteiger charge is -2.11. The number of nitrogens with one attached hydrogen (secondary N) is 1. The highest BCUT2D eigenvalue weighted by Gasteiger charge is 2.21. The highest BCUT2D eigenvalue weighted by Crippen LogP contribution is 2.31. The molecule has 0 spiro atoms. The fraction of sp³-hybridized carbons (Fsp3) is 0.250. The van der Waals surface area contributed by atoms with Crippen molar-refractivity contribution in [2.45, 2.75) is 12.8 Å². The van der Waals surface area contributed by atoms with E-state index >= 15 is 0 Å². The number of nitrogens with two attached hydrogens (primary N) is 1. The lowest BCUT2D eigenvalue weighted by Crippen LogP contribution is -2.09. The number of hydrogen-bond acceptors (Lipinski definition) is 4. The Hall–Kier alpha value is -2.08. The quantitative estimate of drug-likeness (QED) is 0.700. The molecular weight excluding hydrogens is 342 g/mol. The van der Waals surface area contributed by atoms with E-state index in [1.54, 1.807) is 6.20 Å². The van der Waals surface area contributed by atoms with E-state index in [4.69, 9.17) is 10.7 Å². The van der Waals surface area contributed by atoms with Crippen LogP contribution in [0.1, 0.15) is 12.8 Å². The van der Waals surface area contributed by atoms with Gasteiger partial charge in [-0.15, -0.1) is 0 Å². The first-order valence-electron chi connectivity index (χ1n) is 7.35. The summed E-state index contributed by atoms with van der Waals surface area (Å²) in [6.45, 7) is 0.973. The van der Waals surface area contributed by atoms with Crippen molar-refractivity contribution < 1.29 is 0 Å². The molecule has 0 aliphatic heterocycles. The maximum absolute atomic E-state index is 6.10. The van der Waals surface area contributed by atoms with Gasteiger partial charge in [-0.2, -0.15) is 9.61 Å². The lowest BCUT2D eigenvalue weighted by molar-refractivity contribution is 0.857. The molecule has 0 unspecified atom stereocenters. The summed E-state index contributed by atoms with van der Waals surface area (Å²) in [5.74, 6) is 1.73. The molecule has 2 aromatic heterocycles. The van der Waals surface area contributed by atoms with Crippen molar-refractivity contribution in [2.75, 3.05) is 17.6 Å². The van der Waals surface area contributed by atoms with Crippen molar-refractivity contribution in [3.05, 3.63) is 41.0 Å². The molecular formula is C16H16BrN5. The van der Waals surface area contributed by atoms with Crippen LogP contribution in [0.4, 0.5) is 11.5 Å². The summed E-state index contributed by atoms with van der Waals surface area (Å²) in [6.07, 6.45) is 4.38. The lowest BCUT2D eigenvalue weighted by atomic mass is 10.1. The summed E-state index contributed by atoms with van der Waals surface area (Å²) < 4.78 is 2.70. The number of rotatable bonds is 4. The first kappa shape index (κ1) is 13.6. The normalized spacial score (nSPS) is 14.4. The van der Waals surface area contributed by atoms with Gasteiger partial charge in [-0.1, -0.05) is 18.2 Å². The number of nitrogen functional groups attached to an aromatic ring is 1. The van der Waals surface area contributed by atoms with Crippen LogP contribution in [0.15, 0.2) is 41.0 Å². The SMILES string of the molecule is Nc1ccccc1-c1cc(NCC2CC2)n2ncc(Br)c2n1. The topological polar surface area (TPSA) is 68.2 Å². The highest BCUT2D eigenvalue weighted by atomic mass is 79.9. The Morgan fingerprint density at radius 1 is 1.32 bits per heavy atom. The molecule has 112 valence electrons. The molecule has 1 fully saturated rings. The Morgan fingerprint density at radius 2 is 2.14 bits per heavy atom. The predicted molar refractivity (Wildman–Crippen MR) is 91.7 cm³/mol. The molecule has 0 amide bonds. The molecule has 0 atom stereocenters. The predicted octanol–water partition coefficient (Wildman–Crippen LogP) is 3.56. The third-order valence-electron chi connectivity index (χ3n) is 3.93. The second kappa shape index (κ2) is 5.28. The van der Waals surface area contributed by atoms with Crippen LogP contribution < -0.4 is 11.1 Å². The van der Waals surface area contributed by atoms with Crippen LogP contribution in [0.3, 0.4) is 0 Å². The van der Waals surface area contributed by atoms with Crippen LogP contribution in [0.5, 0.6) is 0 Å². The molecule has 0 bridgehead atoms. The van der Waals surface area contributed by atoms with E-state index in [2.05, 4.69) is 26.3 Å². The van der Waals surface area contributed by atoms with Crippen LogP contribution in [0, 0.1) is 5.92 Å². The van der Waals surface area contributed by atoms with Gasteiger partial charge in [0, 0.05) is 23.9 Å². The van der Waals surface area contributed by atoms with Crippen molar-refractivity contribution in [2.24, 2.45) is 5.92 Å². The summed E-state index contributed by atoms with van der Waals surface area (Å²) >= 11 is 3.51. The largest absolute Gasteiger partial charge is 0.398 e. The summed E-state index contributed by atoms with van der Waals surface area (Å²) in [4.78, 5) is 4.70. The molecule has 4 rings (SSSR count). The number of para-hydroxylation sites is 1. The molecule has 1 aliphatic carbocycles. The first-order valence-corrected chi connectivity index (χ1v) is 8.14. The van der Waals surface area contributed by atoms with Gasteiger partial charge in [-0.25, -0.2) is 4.98 Å². The molecule has 0 saturated heterocycles. The Labute approximate surface area is 136 Å². The number of anilines is 2. The minimum Gasteiger partial charge on any atom is -0.398 e.